The molecule has 1 atom stereocenters. The van der Waals surface area contributed by atoms with E-state index in [0.29, 0.717) is 10.4 Å². The quantitative estimate of drug-likeness (QED) is 0.716. The third-order valence-corrected chi connectivity index (χ3v) is 6.22. The molecule has 2 N–H and O–H groups in total. The summed E-state index contributed by atoms with van der Waals surface area (Å²) in [6.07, 6.45) is 0.0281. The number of hydrogen-bond donors (Lipinski definition) is 2. The van der Waals surface area contributed by atoms with Crippen molar-refractivity contribution in [2.24, 2.45) is 0 Å². The van der Waals surface area contributed by atoms with E-state index in [0.717, 1.165) is 11.3 Å². The van der Waals surface area contributed by atoms with Crippen molar-refractivity contribution in [3.05, 3.63) is 52.9 Å². The maximum absolute atomic E-state index is 12.3. The molecule has 25 heavy (non-hydrogen) atoms. The van der Waals surface area contributed by atoms with E-state index in [1.165, 1.54) is 19.1 Å². The zero-order valence-electron chi connectivity index (χ0n) is 14.2. The van der Waals surface area contributed by atoms with Crippen LogP contribution in [0.1, 0.15) is 36.0 Å². The number of aliphatic carboxylic acids is 1. The van der Waals surface area contributed by atoms with Crippen LogP contribution in [0.2, 0.25) is 0 Å². The topological polar surface area (TPSA) is 101 Å². The summed E-state index contributed by atoms with van der Waals surface area (Å²) in [4.78, 5) is 22.9. The van der Waals surface area contributed by atoms with Gasteiger partial charge in [-0.25, -0.2) is 8.42 Å². The third kappa shape index (κ3) is 6.08. The molecule has 6 nitrogen and oxygen atoms in total. The SMILES string of the molecule is CC.CC(=O)c1ccc(S(=O)(=O)NC(Cc2ccccc2)C(=O)O)s1. The van der Waals surface area contributed by atoms with Crippen LogP contribution in [-0.2, 0) is 21.2 Å². The molecule has 1 aromatic heterocycles. The molecule has 0 aliphatic rings. The van der Waals surface area contributed by atoms with Gasteiger partial charge < -0.3 is 5.11 Å². The van der Waals surface area contributed by atoms with E-state index in [4.69, 9.17) is 0 Å². The maximum atomic E-state index is 12.3. The summed E-state index contributed by atoms with van der Waals surface area (Å²) in [6.45, 7) is 5.34. The molecule has 8 heteroatoms. The first-order chi connectivity index (χ1) is 11.8. The molecule has 1 unspecified atom stereocenters. The fourth-order valence-electron chi connectivity index (χ4n) is 1.93. The van der Waals surface area contributed by atoms with E-state index in [9.17, 15) is 23.1 Å². The van der Waals surface area contributed by atoms with Gasteiger partial charge >= 0.3 is 5.97 Å². The number of carboxylic acid groups (broad SMARTS) is 1. The lowest BCUT2D eigenvalue weighted by molar-refractivity contribution is -0.138. The van der Waals surface area contributed by atoms with Crippen LogP contribution in [0.3, 0.4) is 0 Å². The number of hydrogen-bond acceptors (Lipinski definition) is 5. The van der Waals surface area contributed by atoms with Gasteiger partial charge in [-0.15, -0.1) is 11.3 Å². The highest BCUT2D eigenvalue weighted by atomic mass is 32.2. The Morgan fingerprint density at radius 1 is 1.12 bits per heavy atom. The number of carbonyl (C=O) groups is 2. The lowest BCUT2D eigenvalue weighted by atomic mass is 10.1. The molecule has 136 valence electrons. The van der Waals surface area contributed by atoms with Crippen LogP contribution < -0.4 is 4.72 Å². The Kier molecular flexibility index (Phi) is 7.95. The molecule has 0 spiro atoms. The summed E-state index contributed by atoms with van der Waals surface area (Å²) in [6, 6.07) is 10.2. The Morgan fingerprint density at radius 3 is 2.20 bits per heavy atom. The molecule has 0 aliphatic carbocycles. The van der Waals surface area contributed by atoms with Crippen molar-refractivity contribution < 1.29 is 23.1 Å². The van der Waals surface area contributed by atoms with Gasteiger partial charge in [0, 0.05) is 0 Å². The molecule has 1 aromatic carbocycles. The molecule has 0 saturated heterocycles. The van der Waals surface area contributed by atoms with Crippen LogP contribution in [0.25, 0.3) is 0 Å². The van der Waals surface area contributed by atoms with Gasteiger partial charge in [-0.05, 0) is 31.0 Å². The highest BCUT2D eigenvalue weighted by Crippen LogP contribution is 2.22. The molecule has 0 fully saturated rings. The Bertz CT molecular complexity index is 813. The fraction of sp³-hybridized carbons (Fsp3) is 0.294. The minimum atomic E-state index is -4.00. The average Bonchev–Trinajstić information content (AvgIpc) is 3.08. The lowest BCUT2D eigenvalue weighted by Gasteiger charge is -2.14. The zero-order valence-corrected chi connectivity index (χ0v) is 15.9. The van der Waals surface area contributed by atoms with Gasteiger partial charge in [0.2, 0.25) is 0 Å². The van der Waals surface area contributed by atoms with E-state index in [2.05, 4.69) is 4.72 Å². The molecule has 0 saturated carbocycles. The van der Waals surface area contributed by atoms with E-state index in [-0.39, 0.29) is 16.4 Å². The van der Waals surface area contributed by atoms with Crippen molar-refractivity contribution in [2.75, 3.05) is 0 Å². The van der Waals surface area contributed by atoms with Crippen LogP contribution >= 0.6 is 11.3 Å². The molecular weight excluding hydrogens is 362 g/mol. The summed E-state index contributed by atoms with van der Waals surface area (Å²) in [5.74, 6) is -1.50. The van der Waals surface area contributed by atoms with Crippen LogP contribution in [0.5, 0.6) is 0 Å². The van der Waals surface area contributed by atoms with Crippen LogP contribution in [-0.4, -0.2) is 31.3 Å². The average molecular weight is 383 g/mol. The van der Waals surface area contributed by atoms with Crippen molar-refractivity contribution >= 4 is 33.1 Å². The van der Waals surface area contributed by atoms with Crippen molar-refractivity contribution in [3.8, 4) is 0 Å². The smallest absolute Gasteiger partial charge is 0.322 e. The number of sulfonamides is 1. The van der Waals surface area contributed by atoms with Crippen LogP contribution in [0.15, 0.2) is 46.7 Å². The summed E-state index contributed by atoms with van der Waals surface area (Å²) in [5, 5.41) is 9.26. The predicted molar refractivity (Wildman–Crippen MR) is 97.6 cm³/mol. The Hall–Kier alpha value is -2.03. The number of rotatable bonds is 7. The van der Waals surface area contributed by atoms with E-state index >= 15 is 0 Å². The van der Waals surface area contributed by atoms with Gasteiger partial charge in [0.25, 0.3) is 10.0 Å². The minimum Gasteiger partial charge on any atom is -0.480 e. The number of carboxylic acids is 1. The number of thiophene rings is 1. The molecule has 0 radical (unpaired) electrons. The van der Waals surface area contributed by atoms with Crippen molar-refractivity contribution in [2.45, 2.75) is 37.4 Å². The minimum absolute atomic E-state index is 0.0281. The second-order valence-electron chi connectivity index (χ2n) is 4.88. The standard InChI is InChI=1S/C15H15NO5S2.C2H6/c1-10(17)13-7-8-14(22-13)23(20,21)16-12(15(18)19)9-11-5-3-2-4-6-11;1-2/h2-8,12,16H,9H2,1H3,(H,18,19);1-2H3. The highest BCUT2D eigenvalue weighted by molar-refractivity contribution is 7.91. The van der Waals surface area contributed by atoms with Gasteiger partial charge in [0.1, 0.15) is 10.3 Å². The zero-order chi connectivity index (χ0) is 19.0. The first-order valence-corrected chi connectivity index (χ1v) is 9.99. The summed E-state index contributed by atoms with van der Waals surface area (Å²) in [7, 11) is -4.00. The number of ketones is 1. The summed E-state index contributed by atoms with van der Waals surface area (Å²) in [5.41, 5.74) is 0.707. The first-order valence-electron chi connectivity index (χ1n) is 7.69. The summed E-state index contributed by atoms with van der Waals surface area (Å²) >= 11 is 0.815. The maximum Gasteiger partial charge on any atom is 0.322 e. The van der Waals surface area contributed by atoms with E-state index in [1.54, 1.807) is 30.3 Å². The molecule has 0 aliphatic heterocycles. The number of nitrogens with one attached hydrogen (secondary N) is 1. The van der Waals surface area contributed by atoms with Crippen LogP contribution in [0, 0.1) is 0 Å². The Labute approximate surface area is 151 Å². The molecule has 0 amide bonds. The highest BCUT2D eigenvalue weighted by Gasteiger charge is 2.27. The Morgan fingerprint density at radius 2 is 1.72 bits per heavy atom. The van der Waals surface area contributed by atoms with Crippen molar-refractivity contribution in [1.82, 2.24) is 4.72 Å². The molecule has 2 aromatic rings. The molecule has 2 rings (SSSR count). The number of carbonyl (C=O) groups excluding carboxylic acids is 1. The number of Topliss-reactive ketones (excluding diaryl/α,β-unsaturated/α-hetero) is 1. The Balaban J connectivity index is 0.00000151. The predicted octanol–water partition coefficient (Wildman–Crippen LogP) is 2.95. The third-order valence-electron chi connectivity index (χ3n) is 3.07. The van der Waals surface area contributed by atoms with Crippen molar-refractivity contribution in [1.29, 1.82) is 0 Å². The number of benzene rings is 1. The van der Waals surface area contributed by atoms with E-state index in [1.807, 2.05) is 13.8 Å². The van der Waals surface area contributed by atoms with Gasteiger partial charge in [-0.2, -0.15) is 4.72 Å². The van der Waals surface area contributed by atoms with Gasteiger partial charge in [-0.1, -0.05) is 44.2 Å². The second-order valence-corrected chi connectivity index (χ2v) is 7.90. The molecule has 0 bridgehead atoms. The fourth-order valence-corrected chi connectivity index (χ4v) is 4.34. The monoisotopic (exact) mass is 383 g/mol. The van der Waals surface area contributed by atoms with Gasteiger partial charge in [0.15, 0.2) is 5.78 Å². The molecule has 1 heterocycles. The van der Waals surface area contributed by atoms with Crippen LogP contribution in [0.4, 0.5) is 0 Å². The van der Waals surface area contributed by atoms with E-state index < -0.39 is 22.0 Å². The normalized spacial score (nSPS) is 12.0. The second kappa shape index (κ2) is 9.45. The van der Waals surface area contributed by atoms with Gasteiger partial charge in [0.05, 0.1) is 4.88 Å². The largest absolute Gasteiger partial charge is 0.480 e. The summed E-state index contributed by atoms with van der Waals surface area (Å²) < 4.78 is 26.7. The van der Waals surface area contributed by atoms with Gasteiger partial charge in [-0.3, -0.25) is 9.59 Å². The van der Waals surface area contributed by atoms with Crippen molar-refractivity contribution in [3.63, 3.8) is 0 Å². The lowest BCUT2D eigenvalue weighted by Crippen LogP contribution is -2.42. The first kappa shape index (κ1) is 21.0. The molecular formula is C17H21NO5S2.